The Morgan fingerprint density at radius 2 is 1.95 bits per heavy atom. The van der Waals surface area contributed by atoms with E-state index in [4.69, 9.17) is 0 Å². The molecule has 0 spiro atoms. The predicted octanol–water partition coefficient (Wildman–Crippen LogP) is 1.40. The highest BCUT2D eigenvalue weighted by atomic mass is 16.3. The summed E-state index contributed by atoms with van der Waals surface area (Å²) in [6.45, 7) is 3.33. The Morgan fingerprint density at radius 3 is 2.60 bits per heavy atom. The maximum absolute atomic E-state index is 12.3. The van der Waals surface area contributed by atoms with Crippen molar-refractivity contribution in [1.82, 2.24) is 9.80 Å². The number of amides is 2. The summed E-state index contributed by atoms with van der Waals surface area (Å²) in [4.78, 5) is 27.4. The summed E-state index contributed by atoms with van der Waals surface area (Å²) in [7, 11) is 1.58. The number of para-hydroxylation sites is 1. The molecular formula is C15H20N2O3. The van der Waals surface area contributed by atoms with Crippen molar-refractivity contribution < 1.29 is 14.7 Å². The van der Waals surface area contributed by atoms with Crippen molar-refractivity contribution in [2.75, 3.05) is 26.7 Å². The monoisotopic (exact) mass is 276 g/mol. The molecule has 5 nitrogen and oxygen atoms in total. The number of likely N-dealkylation sites (tertiary alicyclic amines) is 1. The minimum atomic E-state index is -0.334. The summed E-state index contributed by atoms with van der Waals surface area (Å²) in [5.74, 6) is -0.387. The molecule has 20 heavy (non-hydrogen) atoms. The van der Waals surface area contributed by atoms with Crippen molar-refractivity contribution in [2.45, 2.75) is 19.8 Å². The number of nitrogens with zero attached hydrogens (tertiary/aromatic N) is 2. The Bertz CT molecular complexity index is 522. The van der Waals surface area contributed by atoms with Crippen LogP contribution < -0.4 is 0 Å². The van der Waals surface area contributed by atoms with Crippen LogP contribution in [-0.2, 0) is 4.79 Å². The quantitative estimate of drug-likeness (QED) is 0.907. The summed E-state index contributed by atoms with van der Waals surface area (Å²) < 4.78 is 0. The Kier molecular flexibility index (Phi) is 4.27. The summed E-state index contributed by atoms with van der Waals surface area (Å²) in [6, 6.07) is 5.03. The Labute approximate surface area is 118 Å². The van der Waals surface area contributed by atoms with Crippen LogP contribution >= 0.6 is 0 Å². The molecule has 108 valence electrons. The highest BCUT2D eigenvalue weighted by Gasteiger charge is 2.23. The fraction of sp³-hybridized carbons (Fsp3) is 0.467. The number of phenolic OH excluding ortho intramolecular Hbond substituents is 1. The van der Waals surface area contributed by atoms with Crippen LogP contribution in [0.2, 0.25) is 0 Å². The molecule has 1 aliphatic heterocycles. The average molecular weight is 276 g/mol. The van der Waals surface area contributed by atoms with Gasteiger partial charge in [-0.3, -0.25) is 9.59 Å². The zero-order valence-electron chi connectivity index (χ0n) is 11.9. The van der Waals surface area contributed by atoms with E-state index in [-0.39, 0.29) is 29.7 Å². The number of likely N-dealkylation sites (N-methyl/N-ethyl adjacent to an activating group) is 1. The summed E-state index contributed by atoms with van der Waals surface area (Å²) in [5, 5.41) is 9.92. The standard InChI is InChI=1S/C15H20N2O3/c1-11-6-5-7-12(14(11)19)15(20)16(2)10-13(18)17-8-3-4-9-17/h5-7,19H,3-4,8-10H2,1-2H3. The van der Waals surface area contributed by atoms with E-state index in [0.29, 0.717) is 5.56 Å². The van der Waals surface area contributed by atoms with Crippen LogP contribution in [0, 0.1) is 6.92 Å². The second kappa shape index (κ2) is 5.94. The first-order valence-corrected chi connectivity index (χ1v) is 6.82. The second-order valence-electron chi connectivity index (χ2n) is 5.22. The Morgan fingerprint density at radius 1 is 1.30 bits per heavy atom. The topological polar surface area (TPSA) is 60.9 Å². The van der Waals surface area contributed by atoms with Crippen LogP contribution in [0.4, 0.5) is 0 Å². The molecular weight excluding hydrogens is 256 g/mol. The minimum absolute atomic E-state index is 0.0158. The van der Waals surface area contributed by atoms with Gasteiger partial charge in [0.05, 0.1) is 12.1 Å². The van der Waals surface area contributed by atoms with E-state index in [1.807, 2.05) is 0 Å². The molecule has 1 aromatic rings. The van der Waals surface area contributed by atoms with Crippen molar-refractivity contribution in [1.29, 1.82) is 0 Å². The van der Waals surface area contributed by atoms with E-state index < -0.39 is 0 Å². The van der Waals surface area contributed by atoms with Gasteiger partial charge in [0, 0.05) is 20.1 Å². The molecule has 1 saturated heterocycles. The normalized spacial score (nSPS) is 14.4. The van der Waals surface area contributed by atoms with Gasteiger partial charge >= 0.3 is 0 Å². The number of rotatable bonds is 3. The van der Waals surface area contributed by atoms with Gasteiger partial charge in [-0.05, 0) is 31.4 Å². The molecule has 1 aliphatic rings. The number of carbonyl (C=O) groups excluding carboxylic acids is 2. The molecule has 2 rings (SSSR count). The summed E-state index contributed by atoms with van der Waals surface area (Å²) in [5.41, 5.74) is 0.886. The van der Waals surface area contributed by atoms with E-state index in [1.165, 1.54) is 4.90 Å². The molecule has 0 aromatic heterocycles. The molecule has 0 atom stereocenters. The average Bonchev–Trinajstić information content (AvgIpc) is 2.95. The largest absolute Gasteiger partial charge is 0.507 e. The lowest BCUT2D eigenvalue weighted by Crippen LogP contribution is -2.39. The van der Waals surface area contributed by atoms with Crippen molar-refractivity contribution in [3.8, 4) is 5.75 Å². The zero-order valence-corrected chi connectivity index (χ0v) is 11.9. The summed E-state index contributed by atoms with van der Waals surface area (Å²) >= 11 is 0. The van der Waals surface area contributed by atoms with Gasteiger partial charge in [-0.2, -0.15) is 0 Å². The van der Waals surface area contributed by atoms with Gasteiger partial charge < -0.3 is 14.9 Å². The minimum Gasteiger partial charge on any atom is -0.507 e. The molecule has 0 radical (unpaired) electrons. The van der Waals surface area contributed by atoms with Gasteiger partial charge in [-0.1, -0.05) is 12.1 Å². The number of benzene rings is 1. The first kappa shape index (κ1) is 14.4. The van der Waals surface area contributed by atoms with Crippen molar-refractivity contribution >= 4 is 11.8 Å². The summed E-state index contributed by atoms with van der Waals surface area (Å²) in [6.07, 6.45) is 2.06. The molecule has 1 fully saturated rings. The first-order valence-electron chi connectivity index (χ1n) is 6.82. The van der Waals surface area contributed by atoms with E-state index in [9.17, 15) is 14.7 Å². The molecule has 0 aliphatic carbocycles. The third kappa shape index (κ3) is 2.92. The van der Waals surface area contributed by atoms with Crippen molar-refractivity contribution in [3.05, 3.63) is 29.3 Å². The number of hydrogen-bond acceptors (Lipinski definition) is 3. The van der Waals surface area contributed by atoms with Crippen molar-refractivity contribution in [2.24, 2.45) is 0 Å². The molecule has 1 heterocycles. The maximum Gasteiger partial charge on any atom is 0.257 e. The van der Waals surface area contributed by atoms with Gasteiger partial charge in [-0.25, -0.2) is 0 Å². The van der Waals surface area contributed by atoms with Gasteiger partial charge in [0.15, 0.2) is 0 Å². The number of aromatic hydroxyl groups is 1. The smallest absolute Gasteiger partial charge is 0.257 e. The van der Waals surface area contributed by atoms with Crippen LogP contribution in [-0.4, -0.2) is 53.4 Å². The number of aryl methyl sites for hydroxylation is 1. The van der Waals surface area contributed by atoms with Gasteiger partial charge in [0.1, 0.15) is 5.75 Å². The molecule has 0 saturated carbocycles. The Balaban J connectivity index is 2.04. The molecule has 1 N–H and O–H groups in total. The van der Waals surface area contributed by atoms with Gasteiger partial charge in [0.25, 0.3) is 5.91 Å². The lowest BCUT2D eigenvalue weighted by atomic mass is 10.1. The predicted molar refractivity (Wildman–Crippen MR) is 75.6 cm³/mol. The fourth-order valence-electron chi connectivity index (χ4n) is 2.38. The number of phenols is 1. The SMILES string of the molecule is Cc1cccc(C(=O)N(C)CC(=O)N2CCCC2)c1O. The molecule has 0 unspecified atom stereocenters. The fourth-order valence-corrected chi connectivity index (χ4v) is 2.38. The van der Waals surface area contributed by atoms with Crippen LogP contribution in [0.3, 0.4) is 0 Å². The van der Waals surface area contributed by atoms with Crippen LogP contribution in [0.25, 0.3) is 0 Å². The third-order valence-corrected chi connectivity index (χ3v) is 3.65. The molecule has 5 heteroatoms. The van der Waals surface area contributed by atoms with Crippen LogP contribution in [0.1, 0.15) is 28.8 Å². The van der Waals surface area contributed by atoms with E-state index in [1.54, 1.807) is 37.1 Å². The lowest BCUT2D eigenvalue weighted by molar-refractivity contribution is -0.130. The first-order chi connectivity index (χ1) is 9.50. The lowest BCUT2D eigenvalue weighted by Gasteiger charge is -2.21. The highest BCUT2D eigenvalue weighted by molar-refractivity contribution is 5.98. The maximum atomic E-state index is 12.3. The highest BCUT2D eigenvalue weighted by Crippen LogP contribution is 2.22. The Hall–Kier alpha value is -2.04. The molecule has 0 bridgehead atoms. The van der Waals surface area contributed by atoms with Crippen LogP contribution in [0.5, 0.6) is 5.75 Å². The van der Waals surface area contributed by atoms with Crippen molar-refractivity contribution in [3.63, 3.8) is 0 Å². The number of hydrogen-bond donors (Lipinski definition) is 1. The van der Waals surface area contributed by atoms with E-state index in [2.05, 4.69) is 0 Å². The number of carbonyl (C=O) groups is 2. The van der Waals surface area contributed by atoms with Gasteiger partial charge in [0.2, 0.25) is 5.91 Å². The molecule has 1 aromatic carbocycles. The second-order valence-corrected chi connectivity index (χ2v) is 5.22. The van der Waals surface area contributed by atoms with Crippen LogP contribution in [0.15, 0.2) is 18.2 Å². The third-order valence-electron chi connectivity index (χ3n) is 3.65. The van der Waals surface area contributed by atoms with Gasteiger partial charge in [-0.15, -0.1) is 0 Å². The molecule has 2 amide bonds. The van der Waals surface area contributed by atoms with E-state index >= 15 is 0 Å². The zero-order chi connectivity index (χ0) is 14.7. The van der Waals surface area contributed by atoms with E-state index in [0.717, 1.165) is 25.9 Å².